The summed E-state index contributed by atoms with van der Waals surface area (Å²) in [7, 11) is -3.20. The molecule has 0 spiro atoms. The van der Waals surface area contributed by atoms with Gasteiger partial charge in [0.1, 0.15) is 0 Å². The van der Waals surface area contributed by atoms with Gasteiger partial charge in [-0.2, -0.15) is 0 Å². The molecule has 6 heteroatoms. The van der Waals surface area contributed by atoms with Gasteiger partial charge >= 0.3 is 0 Å². The van der Waals surface area contributed by atoms with Gasteiger partial charge in [-0.3, -0.25) is 4.98 Å². The molecule has 0 amide bonds. The van der Waals surface area contributed by atoms with Gasteiger partial charge in [-0.05, 0) is 37.8 Å². The Hall–Kier alpha value is -1.66. The van der Waals surface area contributed by atoms with E-state index >= 15 is 0 Å². The van der Waals surface area contributed by atoms with Crippen molar-refractivity contribution in [3.05, 3.63) is 35.5 Å². The van der Waals surface area contributed by atoms with Crippen LogP contribution in [0.5, 0.6) is 0 Å². The fourth-order valence-corrected chi connectivity index (χ4v) is 4.92. The maximum atomic E-state index is 12.5. The van der Waals surface area contributed by atoms with Gasteiger partial charge in [0.25, 0.3) is 0 Å². The number of nitrogens with one attached hydrogen (secondary N) is 1. The Labute approximate surface area is 149 Å². The monoisotopic (exact) mass is 362 g/mol. The highest BCUT2D eigenvalue weighted by atomic mass is 32.2. The first-order chi connectivity index (χ1) is 11.9. The molecule has 1 N–H and O–H groups in total. The Morgan fingerprint density at radius 3 is 2.56 bits per heavy atom. The van der Waals surface area contributed by atoms with Crippen LogP contribution in [0.15, 0.2) is 24.3 Å². The van der Waals surface area contributed by atoms with Crippen LogP contribution >= 0.6 is 0 Å². The molecule has 5 nitrogen and oxygen atoms in total. The van der Waals surface area contributed by atoms with E-state index in [-0.39, 0.29) is 0 Å². The lowest BCUT2D eigenvalue weighted by atomic mass is 9.97. The van der Waals surface area contributed by atoms with E-state index in [2.05, 4.69) is 17.2 Å². The molecule has 136 valence electrons. The average Bonchev–Trinajstić information content (AvgIpc) is 2.59. The van der Waals surface area contributed by atoms with Crippen LogP contribution in [0, 0.1) is 6.92 Å². The second kappa shape index (κ2) is 6.92. The number of fused-ring (bicyclic) bond motifs is 1. The molecule has 25 heavy (non-hydrogen) atoms. The summed E-state index contributed by atoms with van der Waals surface area (Å²) in [5, 5.41) is 4.53. The smallest absolute Gasteiger partial charge is 0.155 e. The highest BCUT2D eigenvalue weighted by molar-refractivity contribution is 7.92. The topological polar surface area (TPSA) is 68.3 Å². The van der Waals surface area contributed by atoms with E-state index in [1.807, 2.05) is 31.2 Å². The number of aryl methyl sites for hydroxylation is 1. The lowest BCUT2D eigenvalue weighted by Gasteiger charge is -2.36. The van der Waals surface area contributed by atoms with E-state index in [0.717, 1.165) is 34.3 Å². The van der Waals surface area contributed by atoms with Gasteiger partial charge in [-0.15, -0.1) is 0 Å². The molecule has 0 saturated carbocycles. The number of benzene rings is 1. The standard InChI is InChI=1S/C19H26N2O3S/c1-4-15-14(2)21-17-8-6-5-7-16(17)18(15)20-13-19(25(3,22)23)9-11-24-12-10-19/h5-8H,4,9-13H2,1-3H3,(H,20,21). The lowest BCUT2D eigenvalue weighted by molar-refractivity contribution is 0.0777. The molecular formula is C19H26N2O3S. The molecule has 1 fully saturated rings. The van der Waals surface area contributed by atoms with E-state index in [9.17, 15) is 8.42 Å². The Morgan fingerprint density at radius 2 is 1.92 bits per heavy atom. The zero-order valence-electron chi connectivity index (χ0n) is 15.1. The number of hydrogen-bond donors (Lipinski definition) is 1. The summed E-state index contributed by atoms with van der Waals surface area (Å²) in [6, 6.07) is 8.00. The maximum Gasteiger partial charge on any atom is 0.155 e. The average molecular weight is 362 g/mol. The number of nitrogens with zero attached hydrogens (tertiary/aromatic N) is 1. The zero-order valence-corrected chi connectivity index (χ0v) is 15.9. The summed E-state index contributed by atoms with van der Waals surface area (Å²) in [6.07, 6.45) is 3.25. The van der Waals surface area contributed by atoms with Gasteiger partial charge in [-0.1, -0.05) is 25.1 Å². The van der Waals surface area contributed by atoms with Crippen LogP contribution in [0.2, 0.25) is 0 Å². The van der Waals surface area contributed by atoms with E-state index < -0.39 is 14.6 Å². The van der Waals surface area contributed by atoms with Crippen molar-refractivity contribution < 1.29 is 13.2 Å². The SMILES string of the molecule is CCc1c(C)nc2ccccc2c1NCC1(S(C)(=O)=O)CCOCC1. The molecule has 2 aromatic rings. The third kappa shape index (κ3) is 3.37. The van der Waals surface area contributed by atoms with Gasteiger partial charge < -0.3 is 10.1 Å². The minimum Gasteiger partial charge on any atom is -0.383 e. The van der Waals surface area contributed by atoms with E-state index in [0.29, 0.717) is 32.6 Å². The molecule has 1 aromatic heterocycles. The molecule has 1 aliphatic heterocycles. The molecule has 3 rings (SSSR count). The molecular weight excluding hydrogens is 336 g/mol. The third-order valence-electron chi connectivity index (χ3n) is 5.33. The molecule has 2 heterocycles. The summed E-state index contributed by atoms with van der Waals surface area (Å²) in [6.45, 7) is 5.49. The highest BCUT2D eigenvalue weighted by Crippen LogP contribution is 2.33. The molecule has 1 saturated heterocycles. The van der Waals surface area contributed by atoms with Crippen LogP contribution in [-0.4, -0.2) is 44.2 Å². The molecule has 1 aliphatic rings. The molecule has 1 aromatic carbocycles. The first-order valence-corrected chi connectivity index (χ1v) is 10.7. The number of para-hydroxylation sites is 1. The lowest BCUT2D eigenvalue weighted by Crippen LogP contribution is -2.48. The van der Waals surface area contributed by atoms with Gasteiger partial charge in [0.05, 0.1) is 10.3 Å². The van der Waals surface area contributed by atoms with Crippen LogP contribution in [0.1, 0.15) is 31.0 Å². The third-order valence-corrected chi connectivity index (χ3v) is 7.46. The fraction of sp³-hybridized carbons (Fsp3) is 0.526. The Morgan fingerprint density at radius 1 is 1.24 bits per heavy atom. The predicted molar refractivity (Wildman–Crippen MR) is 102 cm³/mol. The summed E-state index contributed by atoms with van der Waals surface area (Å²) >= 11 is 0. The highest BCUT2D eigenvalue weighted by Gasteiger charge is 2.42. The number of anilines is 1. The first kappa shape index (κ1) is 18.1. The normalized spacial score (nSPS) is 17.6. The van der Waals surface area contributed by atoms with Crippen LogP contribution < -0.4 is 5.32 Å². The van der Waals surface area contributed by atoms with Crippen molar-refractivity contribution in [2.45, 2.75) is 37.9 Å². The van der Waals surface area contributed by atoms with Crippen molar-refractivity contribution in [1.29, 1.82) is 0 Å². The summed E-state index contributed by atoms with van der Waals surface area (Å²) in [5.41, 5.74) is 4.08. The van der Waals surface area contributed by atoms with Crippen LogP contribution in [0.25, 0.3) is 10.9 Å². The van der Waals surface area contributed by atoms with E-state index in [1.165, 1.54) is 6.26 Å². The number of rotatable bonds is 5. The molecule has 0 bridgehead atoms. The van der Waals surface area contributed by atoms with Gasteiger partial charge in [0.2, 0.25) is 0 Å². The molecule has 0 atom stereocenters. The maximum absolute atomic E-state index is 12.5. The van der Waals surface area contributed by atoms with Crippen molar-refractivity contribution >= 4 is 26.4 Å². The quantitative estimate of drug-likeness (QED) is 0.885. The predicted octanol–water partition coefficient (Wildman–Crippen LogP) is 3.11. The van der Waals surface area contributed by atoms with Gasteiger partial charge in [0, 0.05) is 42.8 Å². The molecule has 0 radical (unpaired) electrons. The van der Waals surface area contributed by atoms with Crippen molar-refractivity contribution in [3.63, 3.8) is 0 Å². The van der Waals surface area contributed by atoms with Crippen LogP contribution in [0.4, 0.5) is 5.69 Å². The Bertz CT molecular complexity index is 872. The fourth-order valence-electron chi connectivity index (χ4n) is 3.68. The summed E-state index contributed by atoms with van der Waals surface area (Å²) in [5.74, 6) is 0. The number of ether oxygens (including phenoxy) is 1. The van der Waals surface area contributed by atoms with Crippen LogP contribution in [0.3, 0.4) is 0 Å². The van der Waals surface area contributed by atoms with Crippen molar-refractivity contribution in [2.75, 3.05) is 31.3 Å². The largest absolute Gasteiger partial charge is 0.383 e. The van der Waals surface area contributed by atoms with Crippen molar-refractivity contribution in [2.24, 2.45) is 0 Å². The number of hydrogen-bond acceptors (Lipinski definition) is 5. The van der Waals surface area contributed by atoms with Gasteiger partial charge in [-0.25, -0.2) is 8.42 Å². The Kier molecular flexibility index (Phi) is 5.02. The van der Waals surface area contributed by atoms with Crippen molar-refractivity contribution in [1.82, 2.24) is 4.98 Å². The second-order valence-corrected chi connectivity index (χ2v) is 9.25. The van der Waals surface area contributed by atoms with Gasteiger partial charge in [0.15, 0.2) is 9.84 Å². The van der Waals surface area contributed by atoms with E-state index in [4.69, 9.17) is 4.74 Å². The van der Waals surface area contributed by atoms with Crippen molar-refractivity contribution in [3.8, 4) is 0 Å². The number of aromatic nitrogens is 1. The number of sulfone groups is 1. The molecule has 0 unspecified atom stereocenters. The second-order valence-electron chi connectivity index (χ2n) is 6.84. The Balaban J connectivity index is 2.02. The van der Waals surface area contributed by atoms with Crippen LogP contribution in [-0.2, 0) is 21.0 Å². The summed E-state index contributed by atoms with van der Waals surface area (Å²) < 4.78 is 29.6. The minimum atomic E-state index is -3.20. The summed E-state index contributed by atoms with van der Waals surface area (Å²) in [4.78, 5) is 4.69. The number of pyridine rings is 1. The van der Waals surface area contributed by atoms with E-state index in [1.54, 1.807) is 0 Å². The zero-order chi connectivity index (χ0) is 18.1. The minimum absolute atomic E-state index is 0.398. The molecule has 0 aliphatic carbocycles. The first-order valence-electron chi connectivity index (χ1n) is 8.77.